The molecular formula is C23H24F2N6O. The van der Waals surface area contributed by atoms with Crippen LogP contribution in [0, 0.1) is 27.7 Å². The van der Waals surface area contributed by atoms with Gasteiger partial charge in [-0.2, -0.15) is 10.2 Å². The number of carbonyl (C=O) groups excluding carboxylic acids is 1. The van der Waals surface area contributed by atoms with Gasteiger partial charge < -0.3 is 5.32 Å². The molecule has 1 N–H and O–H groups in total. The first-order chi connectivity index (χ1) is 15.3. The number of nitrogens with one attached hydrogen (secondary N) is 1. The molecule has 0 fully saturated rings. The van der Waals surface area contributed by atoms with Crippen molar-refractivity contribution in [1.82, 2.24) is 29.9 Å². The van der Waals surface area contributed by atoms with Crippen LogP contribution in [0.3, 0.4) is 0 Å². The Kier molecular flexibility index (Phi) is 5.73. The van der Waals surface area contributed by atoms with Crippen LogP contribution in [0.25, 0.3) is 16.7 Å². The largest absolute Gasteiger partial charge is 0.350 e. The molecule has 166 valence electrons. The fourth-order valence-electron chi connectivity index (χ4n) is 3.93. The van der Waals surface area contributed by atoms with E-state index in [1.54, 1.807) is 13.8 Å². The maximum absolute atomic E-state index is 13.5. The smallest absolute Gasteiger partial charge is 0.264 e. The molecule has 7 nitrogen and oxygen atoms in total. The first kappa shape index (κ1) is 21.6. The van der Waals surface area contributed by atoms with Crippen molar-refractivity contribution in [3.8, 4) is 5.69 Å². The Morgan fingerprint density at radius 2 is 1.78 bits per heavy atom. The van der Waals surface area contributed by atoms with E-state index in [0.29, 0.717) is 23.3 Å². The summed E-state index contributed by atoms with van der Waals surface area (Å²) < 4.78 is 30.2. The van der Waals surface area contributed by atoms with Crippen LogP contribution >= 0.6 is 0 Å². The number of pyridine rings is 1. The molecule has 0 atom stereocenters. The summed E-state index contributed by atoms with van der Waals surface area (Å²) in [4.78, 5) is 17.0. The van der Waals surface area contributed by atoms with Crippen molar-refractivity contribution in [1.29, 1.82) is 0 Å². The summed E-state index contributed by atoms with van der Waals surface area (Å²) >= 11 is 0. The predicted molar refractivity (Wildman–Crippen MR) is 117 cm³/mol. The van der Waals surface area contributed by atoms with E-state index in [9.17, 15) is 13.6 Å². The molecular weight excluding hydrogens is 414 g/mol. The van der Waals surface area contributed by atoms with Gasteiger partial charge in [0.2, 0.25) is 5.91 Å². The van der Waals surface area contributed by atoms with Crippen molar-refractivity contribution in [2.24, 2.45) is 0 Å². The van der Waals surface area contributed by atoms with E-state index in [4.69, 9.17) is 0 Å². The number of alkyl halides is 2. The lowest BCUT2D eigenvalue weighted by Crippen LogP contribution is -2.28. The minimum absolute atomic E-state index is 0.115. The van der Waals surface area contributed by atoms with Crippen molar-refractivity contribution in [3.05, 3.63) is 70.3 Å². The lowest BCUT2D eigenvalue weighted by Gasteiger charge is -2.08. The number of aryl methyl sites for hydroxylation is 3. The quantitative estimate of drug-likeness (QED) is 0.492. The molecule has 1 aromatic carbocycles. The van der Waals surface area contributed by atoms with Gasteiger partial charge in [0.25, 0.3) is 6.43 Å². The molecule has 0 bridgehead atoms. The molecule has 4 aromatic rings. The molecule has 32 heavy (non-hydrogen) atoms. The van der Waals surface area contributed by atoms with Gasteiger partial charge in [-0.15, -0.1) is 0 Å². The predicted octanol–water partition coefficient (Wildman–Crippen LogP) is 4.10. The Morgan fingerprint density at radius 3 is 2.47 bits per heavy atom. The average molecular weight is 438 g/mol. The first-order valence-electron chi connectivity index (χ1n) is 10.3. The van der Waals surface area contributed by atoms with E-state index in [2.05, 4.69) is 20.5 Å². The molecule has 3 aromatic heterocycles. The first-order valence-corrected chi connectivity index (χ1v) is 10.3. The number of fused-ring (bicyclic) bond motifs is 1. The number of benzene rings is 1. The van der Waals surface area contributed by atoms with E-state index in [1.165, 1.54) is 10.7 Å². The average Bonchev–Trinajstić information content (AvgIpc) is 3.21. The zero-order valence-electron chi connectivity index (χ0n) is 18.4. The molecule has 0 aliphatic heterocycles. The highest BCUT2D eigenvalue weighted by Gasteiger charge is 2.21. The third kappa shape index (κ3) is 3.98. The fourth-order valence-corrected chi connectivity index (χ4v) is 3.93. The number of hydrogen-bond acceptors (Lipinski definition) is 4. The Balaban J connectivity index is 1.54. The Hall–Kier alpha value is -3.62. The summed E-state index contributed by atoms with van der Waals surface area (Å²) in [5, 5.41) is 12.1. The minimum atomic E-state index is -2.64. The SMILES string of the molecule is Cc1cc(C(F)F)c2c(C)nn(CC(=O)NCc3c(C)nn(-c4ccccc4)c3C)c2n1. The Bertz CT molecular complexity index is 1290. The lowest BCUT2D eigenvalue weighted by molar-refractivity contribution is -0.121. The van der Waals surface area contributed by atoms with Gasteiger partial charge in [0.15, 0.2) is 5.65 Å². The second kappa shape index (κ2) is 8.49. The van der Waals surface area contributed by atoms with E-state index in [-0.39, 0.29) is 23.7 Å². The highest BCUT2D eigenvalue weighted by atomic mass is 19.3. The van der Waals surface area contributed by atoms with Crippen LogP contribution in [0.1, 0.15) is 40.3 Å². The van der Waals surface area contributed by atoms with Gasteiger partial charge in [0.1, 0.15) is 6.54 Å². The van der Waals surface area contributed by atoms with E-state index in [0.717, 1.165) is 22.6 Å². The third-order valence-electron chi connectivity index (χ3n) is 5.47. The van der Waals surface area contributed by atoms with Crippen LogP contribution in [-0.2, 0) is 17.9 Å². The van der Waals surface area contributed by atoms with E-state index in [1.807, 2.05) is 48.9 Å². The molecule has 0 aliphatic carbocycles. The van der Waals surface area contributed by atoms with Gasteiger partial charge in [-0.25, -0.2) is 23.1 Å². The van der Waals surface area contributed by atoms with Crippen molar-refractivity contribution in [3.63, 3.8) is 0 Å². The zero-order chi connectivity index (χ0) is 23.0. The number of hydrogen-bond donors (Lipinski definition) is 1. The van der Waals surface area contributed by atoms with Gasteiger partial charge in [-0.05, 0) is 45.9 Å². The molecule has 1 amide bonds. The number of rotatable bonds is 6. The van der Waals surface area contributed by atoms with Gasteiger partial charge in [-0.1, -0.05) is 18.2 Å². The molecule has 0 spiro atoms. The van der Waals surface area contributed by atoms with Crippen LogP contribution in [0.15, 0.2) is 36.4 Å². The summed E-state index contributed by atoms with van der Waals surface area (Å²) in [6, 6.07) is 11.1. The van der Waals surface area contributed by atoms with Crippen LogP contribution in [-0.4, -0.2) is 30.5 Å². The number of carbonyl (C=O) groups is 1. The number of halogens is 2. The third-order valence-corrected chi connectivity index (χ3v) is 5.47. The molecule has 4 rings (SSSR count). The summed E-state index contributed by atoms with van der Waals surface area (Å²) in [5.41, 5.74) is 4.69. The number of para-hydroxylation sites is 1. The molecule has 0 saturated heterocycles. The van der Waals surface area contributed by atoms with Gasteiger partial charge in [0.05, 0.1) is 22.5 Å². The second-order valence-electron chi connectivity index (χ2n) is 7.77. The van der Waals surface area contributed by atoms with Crippen LogP contribution in [0.5, 0.6) is 0 Å². The van der Waals surface area contributed by atoms with Gasteiger partial charge in [-0.3, -0.25) is 4.79 Å². The number of aromatic nitrogens is 5. The fraction of sp³-hybridized carbons (Fsp3) is 0.304. The highest BCUT2D eigenvalue weighted by Crippen LogP contribution is 2.29. The summed E-state index contributed by atoms with van der Waals surface area (Å²) in [6.45, 7) is 7.33. The van der Waals surface area contributed by atoms with Crippen LogP contribution < -0.4 is 5.32 Å². The maximum atomic E-state index is 13.5. The van der Waals surface area contributed by atoms with Gasteiger partial charge >= 0.3 is 0 Å². The van der Waals surface area contributed by atoms with E-state index >= 15 is 0 Å². The second-order valence-corrected chi connectivity index (χ2v) is 7.77. The van der Waals surface area contributed by atoms with Crippen molar-refractivity contribution in [2.75, 3.05) is 0 Å². The van der Waals surface area contributed by atoms with Crippen molar-refractivity contribution >= 4 is 16.9 Å². The molecule has 0 radical (unpaired) electrons. The Labute approximate surface area is 184 Å². The zero-order valence-corrected chi connectivity index (χ0v) is 18.4. The minimum Gasteiger partial charge on any atom is -0.350 e. The monoisotopic (exact) mass is 438 g/mol. The number of nitrogens with zero attached hydrogens (tertiary/aromatic N) is 5. The van der Waals surface area contributed by atoms with Crippen molar-refractivity contribution in [2.45, 2.75) is 47.2 Å². The number of amides is 1. The Morgan fingerprint density at radius 1 is 1.06 bits per heavy atom. The standard InChI is InChI=1S/C23H24F2N6O/c1-13-10-18(22(24)25)21-15(3)28-30(23(21)27-13)12-20(32)26-11-19-14(2)29-31(16(19)4)17-8-6-5-7-9-17/h5-10,22H,11-12H2,1-4H3,(H,26,32). The topological polar surface area (TPSA) is 77.6 Å². The molecule has 9 heteroatoms. The highest BCUT2D eigenvalue weighted by molar-refractivity contribution is 5.84. The maximum Gasteiger partial charge on any atom is 0.264 e. The summed E-state index contributed by atoms with van der Waals surface area (Å²) in [7, 11) is 0. The molecule has 3 heterocycles. The molecule has 0 saturated carbocycles. The molecule has 0 aliphatic rings. The van der Waals surface area contributed by atoms with E-state index < -0.39 is 6.43 Å². The van der Waals surface area contributed by atoms with Crippen LogP contribution in [0.4, 0.5) is 8.78 Å². The summed E-state index contributed by atoms with van der Waals surface area (Å²) in [5.74, 6) is -0.289. The van der Waals surface area contributed by atoms with Crippen LogP contribution in [0.2, 0.25) is 0 Å². The van der Waals surface area contributed by atoms with Crippen molar-refractivity contribution < 1.29 is 13.6 Å². The lowest BCUT2D eigenvalue weighted by atomic mass is 10.1. The van der Waals surface area contributed by atoms with Gasteiger partial charge in [0, 0.05) is 29.1 Å². The summed E-state index contributed by atoms with van der Waals surface area (Å²) in [6.07, 6.45) is -2.64. The normalized spacial score (nSPS) is 11.5. The molecule has 0 unspecified atom stereocenters.